The highest BCUT2D eigenvalue weighted by atomic mass is 15.1. The maximum Gasteiger partial charge on any atom is 0.250 e. The number of hydrogen-bond donors (Lipinski definition) is 2. The van der Waals surface area contributed by atoms with Gasteiger partial charge in [-0.3, -0.25) is 10.3 Å². The van der Waals surface area contributed by atoms with E-state index in [1.165, 1.54) is 37.7 Å². The summed E-state index contributed by atoms with van der Waals surface area (Å²) in [5.74, 6) is 1.67. The van der Waals surface area contributed by atoms with Gasteiger partial charge in [-0.05, 0) is 61.1 Å². The average molecular weight is 382 g/mol. The molecule has 144 valence electrons. The van der Waals surface area contributed by atoms with Gasteiger partial charge in [0.25, 0.3) is 0 Å². The molecule has 4 aromatic rings. The van der Waals surface area contributed by atoms with E-state index in [1.54, 1.807) is 0 Å². The summed E-state index contributed by atoms with van der Waals surface area (Å²) in [6.45, 7) is 1.99. The zero-order chi connectivity index (χ0) is 19.8. The molecule has 1 saturated carbocycles. The van der Waals surface area contributed by atoms with Crippen LogP contribution in [0.1, 0.15) is 54.7 Å². The highest BCUT2D eigenvalue weighted by Gasteiger charge is 2.21. The molecule has 1 fully saturated rings. The Morgan fingerprint density at radius 3 is 2.55 bits per heavy atom. The average Bonchev–Trinajstić information content (AvgIpc) is 3.14. The predicted molar refractivity (Wildman–Crippen MR) is 116 cm³/mol. The number of rotatable bonds is 3. The molecular weight excluding hydrogens is 356 g/mol. The predicted octanol–water partition coefficient (Wildman–Crippen LogP) is 5.88. The van der Waals surface area contributed by atoms with Crippen LogP contribution in [0.4, 0.5) is 11.5 Å². The van der Waals surface area contributed by atoms with Crippen LogP contribution in [0.25, 0.3) is 16.7 Å². The standard InChI is InChI=1S/C25H24N4/c1-17-15-24(27-20-13-11-19(12-14-20)18-7-3-2-4-8-18)29-23-10-6-5-9-22(23)28-25(29)21(17)16-26/h5-6,9-15,18H,2-4,7-8H2,1H3,(H,27,28)/p+1. The van der Waals surface area contributed by atoms with Gasteiger partial charge in [0.05, 0.1) is 5.69 Å². The van der Waals surface area contributed by atoms with E-state index in [1.807, 2.05) is 25.1 Å². The number of anilines is 2. The Balaban J connectivity index is 1.56. The zero-order valence-corrected chi connectivity index (χ0v) is 16.7. The lowest BCUT2D eigenvalue weighted by atomic mass is 9.84. The number of pyridine rings is 1. The summed E-state index contributed by atoms with van der Waals surface area (Å²) >= 11 is 0. The summed E-state index contributed by atoms with van der Waals surface area (Å²) in [6.07, 6.45) is 6.71. The number of aromatic amines is 1. The number of para-hydroxylation sites is 2. The molecular formula is C25H25N4+. The van der Waals surface area contributed by atoms with Gasteiger partial charge in [-0.25, -0.2) is 0 Å². The van der Waals surface area contributed by atoms with Crippen LogP contribution in [-0.4, -0.2) is 4.98 Å². The van der Waals surface area contributed by atoms with Crippen molar-refractivity contribution in [1.82, 2.24) is 4.98 Å². The van der Waals surface area contributed by atoms with Crippen molar-refractivity contribution >= 4 is 28.2 Å². The van der Waals surface area contributed by atoms with E-state index in [0.717, 1.165) is 33.7 Å². The molecule has 2 aromatic carbocycles. The van der Waals surface area contributed by atoms with Crippen LogP contribution in [0, 0.1) is 18.3 Å². The minimum absolute atomic E-state index is 0.680. The van der Waals surface area contributed by atoms with E-state index in [0.29, 0.717) is 11.5 Å². The van der Waals surface area contributed by atoms with Gasteiger partial charge in [0.1, 0.15) is 22.7 Å². The quantitative estimate of drug-likeness (QED) is 0.436. The number of nitrogens with zero attached hydrogens (tertiary/aromatic N) is 2. The molecule has 2 heterocycles. The Labute approximate surface area is 170 Å². The van der Waals surface area contributed by atoms with Crippen LogP contribution in [0.15, 0.2) is 54.6 Å². The minimum atomic E-state index is 0.680. The second-order valence-electron chi connectivity index (χ2n) is 8.11. The molecule has 0 aliphatic heterocycles. The monoisotopic (exact) mass is 381 g/mol. The van der Waals surface area contributed by atoms with Crippen LogP contribution in [0.3, 0.4) is 0 Å². The van der Waals surface area contributed by atoms with Gasteiger partial charge in [-0.15, -0.1) is 0 Å². The lowest BCUT2D eigenvalue weighted by Gasteiger charge is -2.21. The fourth-order valence-corrected chi connectivity index (χ4v) is 4.69. The van der Waals surface area contributed by atoms with E-state index in [9.17, 15) is 5.26 Å². The number of fused-ring (bicyclic) bond motifs is 3. The molecule has 4 nitrogen and oxygen atoms in total. The maximum atomic E-state index is 9.67. The number of nitriles is 1. The first-order chi connectivity index (χ1) is 14.2. The Hall–Kier alpha value is -3.32. The third-order valence-electron chi connectivity index (χ3n) is 6.22. The van der Waals surface area contributed by atoms with E-state index < -0.39 is 0 Å². The molecule has 0 bridgehead atoms. The highest BCUT2D eigenvalue weighted by molar-refractivity contribution is 5.77. The highest BCUT2D eigenvalue weighted by Crippen LogP contribution is 2.33. The van der Waals surface area contributed by atoms with Crippen LogP contribution >= 0.6 is 0 Å². The smallest absolute Gasteiger partial charge is 0.250 e. The van der Waals surface area contributed by atoms with Crippen LogP contribution in [0.5, 0.6) is 0 Å². The SMILES string of the molecule is Cc1cc(Nc2ccc(C3CCCCC3)cc2)[n+]2c([nH]c3ccccc32)c1C#N. The van der Waals surface area contributed by atoms with E-state index >= 15 is 0 Å². The lowest BCUT2D eigenvalue weighted by molar-refractivity contribution is -0.464. The summed E-state index contributed by atoms with van der Waals surface area (Å²) < 4.78 is 2.11. The summed E-state index contributed by atoms with van der Waals surface area (Å²) in [4.78, 5) is 3.42. The number of aryl methyl sites for hydroxylation is 1. The Morgan fingerprint density at radius 1 is 1.03 bits per heavy atom. The van der Waals surface area contributed by atoms with Crippen molar-refractivity contribution in [3.8, 4) is 6.07 Å². The van der Waals surface area contributed by atoms with Crippen LogP contribution < -0.4 is 9.72 Å². The third kappa shape index (κ3) is 3.13. The largest absolute Gasteiger partial charge is 0.273 e. The molecule has 0 radical (unpaired) electrons. The molecule has 4 heteroatoms. The zero-order valence-electron chi connectivity index (χ0n) is 16.7. The fourth-order valence-electron chi connectivity index (χ4n) is 4.69. The van der Waals surface area contributed by atoms with E-state index in [-0.39, 0.29) is 0 Å². The minimum Gasteiger partial charge on any atom is -0.273 e. The molecule has 5 rings (SSSR count). The van der Waals surface area contributed by atoms with Crippen molar-refractivity contribution in [2.24, 2.45) is 0 Å². The first-order valence-electron chi connectivity index (χ1n) is 10.5. The molecule has 29 heavy (non-hydrogen) atoms. The van der Waals surface area contributed by atoms with Crippen molar-refractivity contribution in [3.05, 3.63) is 71.3 Å². The molecule has 0 atom stereocenters. The lowest BCUT2D eigenvalue weighted by Crippen LogP contribution is -2.26. The van der Waals surface area contributed by atoms with Gasteiger partial charge in [0, 0.05) is 6.07 Å². The molecule has 0 spiro atoms. The summed E-state index contributed by atoms with van der Waals surface area (Å²) in [7, 11) is 0. The Morgan fingerprint density at radius 2 is 1.79 bits per heavy atom. The number of H-pyrrole nitrogens is 1. The summed E-state index contributed by atoms with van der Waals surface area (Å²) in [6, 6.07) is 21.5. The van der Waals surface area contributed by atoms with Crippen molar-refractivity contribution in [3.63, 3.8) is 0 Å². The number of aromatic nitrogens is 2. The van der Waals surface area contributed by atoms with Gasteiger partial charge in [-0.2, -0.15) is 9.66 Å². The van der Waals surface area contributed by atoms with Gasteiger partial charge < -0.3 is 0 Å². The first kappa shape index (κ1) is 17.8. The van der Waals surface area contributed by atoms with Gasteiger partial charge in [-0.1, -0.05) is 43.5 Å². The summed E-state index contributed by atoms with van der Waals surface area (Å²) in [5.41, 5.74) is 7.06. The normalized spacial score (nSPS) is 14.9. The number of hydrogen-bond acceptors (Lipinski definition) is 2. The second kappa shape index (κ2) is 7.25. The fraction of sp³-hybridized carbons (Fsp3) is 0.280. The Bertz CT molecular complexity index is 1220. The molecule has 2 aromatic heterocycles. The maximum absolute atomic E-state index is 9.67. The molecule has 0 unspecified atom stereocenters. The number of imidazole rings is 1. The molecule has 0 amide bonds. The van der Waals surface area contributed by atoms with Gasteiger partial charge in [0.2, 0.25) is 11.5 Å². The van der Waals surface area contributed by atoms with Gasteiger partial charge in [0.15, 0.2) is 0 Å². The van der Waals surface area contributed by atoms with E-state index in [4.69, 9.17) is 0 Å². The molecule has 1 aliphatic carbocycles. The number of benzene rings is 2. The molecule has 2 N–H and O–H groups in total. The third-order valence-corrected chi connectivity index (χ3v) is 6.22. The van der Waals surface area contributed by atoms with Crippen molar-refractivity contribution in [1.29, 1.82) is 5.26 Å². The van der Waals surface area contributed by atoms with Crippen molar-refractivity contribution in [2.45, 2.75) is 44.9 Å². The van der Waals surface area contributed by atoms with E-state index in [2.05, 4.69) is 57.2 Å². The van der Waals surface area contributed by atoms with Crippen molar-refractivity contribution in [2.75, 3.05) is 5.32 Å². The topological polar surface area (TPSA) is 55.7 Å². The van der Waals surface area contributed by atoms with Gasteiger partial charge >= 0.3 is 0 Å². The second-order valence-corrected chi connectivity index (χ2v) is 8.11. The Kier molecular flexibility index (Phi) is 4.44. The summed E-state index contributed by atoms with van der Waals surface area (Å²) in [5, 5.41) is 13.3. The number of nitrogens with one attached hydrogen (secondary N) is 2. The molecule has 1 aliphatic rings. The van der Waals surface area contributed by atoms with Crippen LogP contribution in [-0.2, 0) is 0 Å². The van der Waals surface area contributed by atoms with Crippen molar-refractivity contribution < 1.29 is 4.40 Å². The first-order valence-corrected chi connectivity index (χ1v) is 10.5. The van der Waals surface area contributed by atoms with Crippen LogP contribution in [0.2, 0.25) is 0 Å². The molecule has 0 saturated heterocycles.